The van der Waals surface area contributed by atoms with Gasteiger partial charge < -0.3 is 4.74 Å². The lowest BCUT2D eigenvalue weighted by Gasteiger charge is -2.48. The fourth-order valence-corrected chi connectivity index (χ4v) is 5.47. The van der Waals surface area contributed by atoms with E-state index in [4.69, 9.17) is 4.74 Å². The Morgan fingerprint density at radius 3 is 2.95 bits per heavy atom. The summed E-state index contributed by atoms with van der Waals surface area (Å²) in [7, 11) is 1.74. The van der Waals surface area contributed by atoms with E-state index < -0.39 is 0 Å². The summed E-state index contributed by atoms with van der Waals surface area (Å²) in [5.41, 5.74) is 3.30. The summed E-state index contributed by atoms with van der Waals surface area (Å²) >= 11 is 0. The van der Waals surface area contributed by atoms with E-state index in [1.807, 2.05) is 0 Å². The number of carbonyl (C=O) groups excluding carboxylic acids is 1. The highest BCUT2D eigenvalue weighted by Crippen LogP contribution is 2.60. The zero-order chi connectivity index (χ0) is 14.6. The van der Waals surface area contributed by atoms with Crippen molar-refractivity contribution in [3.63, 3.8) is 0 Å². The van der Waals surface area contributed by atoms with Crippen LogP contribution >= 0.6 is 0 Å². The van der Waals surface area contributed by atoms with Gasteiger partial charge in [0.05, 0.1) is 7.11 Å². The van der Waals surface area contributed by atoms with Crippen LogP contribution in [0.25, 0.3) is 0 Å². The largest absolute Gasteiger partial charge is 0.497 e. The van der Waals surface area contributed by atoms with Crippen LogP contribution in [0, 0.1) is 17.3 Å². The number of carbonyl (C=O) groups is 1. The highest BCUT2D eigenvalue weighted by Gasteiger charge is 2.52. The second-order valence-corrected chi connectivity index (χ2v) is 7.59. The molecule has 21 heavy (non-hydrogen) atoms. The highest BCUT2D eigenvalue weighted by molar-refractivity contribution is 5.82. The second kappa shape index (κ2) is 4.59. The molecule has 4 atom stereocenters. The van der Waals surface area contributed by atoms with Crippen LogP contribution in [0.15, 0.2) is 18.2 Å². The van der Waals surface area contributed by atoms with E-state index in [2.05, 4.69) is 25.1 Å². The van der Waals surface area contributed by atoms with E-state index >= 15 is 0 Å². The number of hydrogen-bond donors (Lipinski definition) is 0. The molecule has 2 fully saturated rings. The van der Waals surface area contributed by atoms with Crippen LogP contribution in [0.4, 0.5) is 0 Å². The molecular formula is C19H24O2. The van der Waals surface area contributed by atoms with E-state index in [1.54, 1.807) is 7.11 Å². The molecule has 112 valence electrons. The van der Waals surface area contributed by atoms with E-state index in [9.17, 15) is 4.79 Å². The average Bonchev–Trinajstić information content (AvgIpc) is 2.80. The number of rotatable bonds is 1. The molecule has 0 aromatic heterocycles. The highest BCUT2D eigenvalue weighted by atomic mass is 16.5. The summed E-state index contributed by atoms with van der Waals surface area (Å²) < 4.78 is 5.37. The maximum absolute atomic E-state index is 12.0. The fourth-order valence-electron chi connectivity index (χ4n) is 5.47. The van der Waals surface area contributed by atoms with Gasteiger partial charge in [0.15, 0.2) is 0 Å². The molecule has 0 aliphatic heterocycles. The van der Waals surface area contributed by atoms with E-state index in [0.29, 0.717) is 23.0 Å². The van der Waals surface area contributed by atoms with E-state index in [0.717, 1.165) is 30.9 Å². The minimum atomic E-state index is 0.294. The standard InChI is InChI=1S/C19H24O2/c1-19-8-7-16-15-6-4-14(21-2)9-12(15)3-5-17(16)18(19)10-13(20)11-19/h4,6,9,16-18H,3,5,7-8,10-11H2,1-2H3/t16-,17-,18+,19+/m0/s1. The van der Waals surface area contributed by atoms with Crippen molar-refractivity contribution in [2.45, 2.75) is 51.4 Å². The van der Waals surface area contributed by atoms with Gasteiger partial charge in [-0.3, -0.25) is 4.79 Å². The Balaban J connectivity index is 1.69. The molecule has 3 aliphatic carbocycles. The van der Waals surface area contributed by atoms with Crippen LogP contribution in [0.2, 0.25) is 0 Å². The zero-order valence-corrected chi connectivity index (χ0v) is 13.0. The topological polar surface area (TPSA) is 26.3 Å². The molecule has 0 spiro atoms. The van der Waals surface area contributed by atoms with Crippen LogP contribution in [0.3, 0.4) is 0 Å². The molecule has 3 aliphatic rings. The summed E-state index contributed by atoms with van der Waals surface area (Å²) in [4.78, 5) is 12.0. The number of ether oxygens (including phenoxy) is 1. The Bertz CT molecular complexity index is 591. The minimum Gasteiger partial charge on any atom is -0.497 e. The summed E-state index contributed by atoms with van der Waals surface area (Å²) in [6, 6.07) is 6.61. The SMILES string of the molecule is COc1ccc2c(c1)CC[C@@H]1[C@H]3CC(=O)C[C@@]3(C)CC[C@@H]21. The van der Waals surface area contributed by atoms with Crippen molar-refractivity contribution < 1.29 is 9.53 Å². The first-order chi connectivity index (χ1) is 10.1. The van der Waals surface area contributed by atoms with Crippen molar-refractivity contribution in [1.82, 2.24) is 0 Å². The average molecular weight is 284 g/mol. The van der Waals surface area contributed by atoms with Crippen molar-refractivity contribution in [2.24, 2.45) is 17.3 Å². The van der Waals surface area contributed by atoms with Crippen LogP contribution in [-0.4, -0.2) is 12.9 Å². The number of fused-ring (bicyclic) bond motifs is 5. The van der Waals surface area contributed by atoms with Crippen molar-refractivity contribution in [3.05, 3.63) is 29.3 Å². The third kappa shape index (κ3) is 1.95. The molecule has 0 bridgehead atoms. The Labute approximate surface area is 126 Å². The summed E-state index contributed by atoms with van der Waals surface area (Å²) in [5, 5.41) is 0. The van der Waals surface area contributed by atoms with Gasteiger partial charge in [0.2, 0.25) is 0 Å². The maximum atomic E-state index is 12.0. The van der Waals surface area contributed by atoms with Gasteiger partial charge >= 0.3 is 0 Å². The predicted octanol–water partition coefficient (Wildman–Crippen LogP) is 4.12. The quantitative estimate of drug-likeness (QED) is 0.775. The van der Waals surface area contributed by atoms with Crippen LogP contribution < -0.4 is 4.74 Å². The molecule has 0 unspecified atom stereocenters. The van der Waals surface area contributed by atoms with Gasteiger partial charge in [-0.2, -0.15) is 0 Å². The number of methoxy groups -OCH3 is 1. The summed E-state index contributed by atoms with van der Waals surface area (Å²) in [6.45, 7) is 2.36. The van der Waals surface area contributed by atoms with Gasteiger partial charge in [0.25, 0.3) is 0 Å². The first kappa shape index (κ1) is 13.4. The number of hydrogen-bond acceptors (Lipinski definition) is 2. The maximum Gasteiger partial charge on any atom is 0.133 e. The van der Waals surface area contributed by atoms with Gasteiger partial charge in [-0.05, 0) is 72.1 Å². The normalized spacial score (nSPS) is 37.6. The molecule has 0 N–H and O–H groups in total. The number of aryl methyl sites for hydroxylation is 1. The summed E-state index contributed by atoms with van der Waals surface area (Å²) in [6.07, 6.45) is 6.53. The molecular weight excluding hydrogens is 260 g/mol. The van der Waals surface area contributed by atoms with Gasteiger partial charge in [0, 0.05) is 12.8 Å². The molecule has 2 heteroatoms. The first-order valence-corrected chi connectivity index (χ1v) is 8.29. The third-order valence-corrected chi connectivity index (χ3v) is 6.50. The van der Waals surface area contributed by atoms with Gasteiger partial charge in [-0.25, -0.2) is 0 Å². The Morgan fingerprint density at radius 2 is 2.14 bits per heavy atom. The van der Waals surface area contributed by atoms with Crippen LogP contribution in [0.1, 0.15) is 56.1 Å². The van der Waals surface area contributed by atoms with E-state index in [-0.39, 0.29) is 0 Å². The number of benzene rings is 1. The number of Topliss-reactive ketones (excluding diaryl/α,β-unsaturated/α-hetero) is 1. The lowest BCUT2D eigenvalue weighted by atomic mass is 9.56. The fraction of sp³-hybridized carbons (Fsp3) is 0.632. The molecule has 4 rings (SSSR count). The first-order valence-electron chi connectivity index (χ1n) is 8.29. The van der Waals surface area contributed by atoms with Crippen molar-refractivity contribution in [2.75, 3.05) is 7.11 Å². The van der Waals surface area contributed by atoms with Crippen molar-refractivity contribution in [3.8, 4) is 5.75 Å². The molecule has 0 radical (unpaired) electrons. The van der Waals surface area contributed by atoms with Gasteiger partial charge in [0.1, 0.15) is 11.5 Å². The molecule has 1 aromatic rings. The Hall–Kier alpha value is -1.31. The molecule has 0 heterocycles. The van der Waals surface area contributed by atoms with Crippen LogP contribution in [-0.2, 0) is 11.2 Å². The van der Waals surface area contributed by atoms with Gasteiger partial charge in [-0.1, -0.05) is 13.0 Å². The zero-order valence-electron chi connectivity index (χ0n) is 13.0. The van der Waals surface area contributed by atoms with Crippen LogP contribution in [0.5, 0.6) is 5.75 Å². The Kier molecular flexibility index (Phi) is 2.92. The molecule has 2 nitrogen and oxygen atoms in total. The lowest BCUT2D eigenvalue weighted by molar-refractivity contribution is -0.118. The van der Waals surface area contributed by atoms with E-state index in [1.165, 1.54) is 30.4 Å². The van der Waals surface area contributed by atoms with Crippen molar-refractivity contribution >= 4 is 5.78 Å². The van der Waals surface area contributed by atoms with Gasteiger partial charge in [-0.15, -0.1) is 0 Å². The minimum absolute atomic E-state index is 0.294. The third-order valence-electron chi connectivity index (χ3n) is 6.50. The second-order valence-electron chi connectivity index (χ2n) is 7.59. The lowest BCUT2D eigenvalue weighted by Crippen LogP contribution is -2.39. The molecule has 2 saturated carbocycles. The summed E-state index contributed by atoms with van der Waals surface area (Å²) in [5.74, 6) is 3.49. The Morgan fingerprint density at radius 1 is 1.29 bits per heavy atom. The number of ketones is 1. The smallest absolute Gasteiger partial charge is 0.133 e. The molecule has 0 saturated heterocycles. The molecule has 1 aromatic carbocycles. The monoisotopic (exact) mass is 284 g/mol. The predicted molar refractivity (Wildman–Crippen MR) is 82.6 cm³/mol. The van der Waals surface area contributed by atoms with Crippen molar-refractivity contribution in [1.29, 1.82) is 0 Å². The molecule has 0 amide bonds.